The average Bonchev–Trinajstić information content (AvgIpc) is 2.27. The van der Waals surface area contributed by atoms with Gasteiger partial charge in [-0.15, -0.1) is 0 Å². The fourth-order valence-corrected chi connectivity index (χ4v) is 1.75. The van der Waals surface area contributed by atoms with Crippen molar-refractivity contribution >= 4 is 12.6 Å². The van der Waals surface area contributed by atoms with Gasteiger partial charge >= 0.3 is 0 Å². The summed E-state index contributed by atoms with van der Waals surface area (Å²) in [5.74, 6) is 2.02. The van der Waals surface area contributed by atoms with Crippen molar-refractivity contribution in [1.29, 1.82) is 0 Å². The number of thiol groups is 1. The molecule has 2 nitrogen and oxygen atoms in total. The van der Waals surface area contributed by atoms with Crippen LogP contribution in [-0.4, -0.2) is 12.9 Å². The first-order valence-corrected chi connectivity index (χ1v) is 5.77. The van der Waals surface area contributed by atoms with Gasteiger partial charge in [0, 0.05) is 11.8 Å². The Morgan fingerprint density at radius 3 is 2.53 bits per heavy atom. The van der Waals surface area contributed by atoms with Gasteiger partial charge < -0.3 is 10.5 Å². The average molecular weight is 225 g/mol. The molecule has 0 aliphatic carbocycles. The first kappa shape index (κ1) is 12.4. The Balaban J connectivity index is 3.10. The lowest BCUT2D eigenvalue weighted by Crippen LogP contribution is -2.12. The Morgan fingerprint density at radius 1 is 1.40 bits per heavy atom. The molecule has 0 heterocycles. The SMILES string of the molecule is COc1ccc(C(N)CS)cc1C(C)C. The third-order valence-electron chi connectivity index (χ3n) is 2.50. The fourth-order valence-electron chi connectivity index (χ4n) is 1.54. The van der Waals surface area contributed by atoms with Gasteiger partial charge in [0.2, 0.25) is 0 Å². The summed E-state index contributed by atoms with van der Waals surface area (Å²) in [6, 6.07) is 6.10. The normalized spacial score (nSPS) is 12.9. The van der Waals surface area contributed by atoms with E-state index in [1.54, 1.807) is 7.11 Å². The Morgan fingerprint density at radius 2 is 2.07 bits per heavy atom. The molecule has 84 valence electrons. The number of rotatable bonds is 4. The Labute approximate surface area is 97.2 Å². The Kier molecular flexibility index (Phi) is 4.48. The van der Waals surface area contributed by atoms with Crippen LogP contribution in [0.15, 0.2) is 18.2 Å². The van der Waals surface area contributed by atoms with Crippen LogP contribution in [0.4, 0.5) is 0 Å². The van der Waals surface area contributed by atoms with Gasteiger partial charge in [-0.1, -0.05) is 26.0 Å². The van der Waals surface area contributed by atoms with Gasteiger partial charge in [0.25, 0.3) is 0 Å². The van der Waals surface area contributed by atoms with Crippen molar-refractivity contribution in [2.75, 3.05) is 12.9 Å². The van der Waals surface area contributed by atoms with Crippen molar-refractivity contribution in [3.8, 4) is 5.75 Å². The molecule has 0 spiro atoms. The zero-order valence-electron chi connectivity index (χ0n) is 9.53. The van der Waals surface area contributed by atoms with Crippen molar-refractivity contribution in [2.24, 2.45) is 5.73 Å². The van der Waals surface area contributed by atoms with E-state index in [0.717, 1.165) is 11.3 Å². The molecule has 1 atom stereocenters. The second-order valence-corrected chi connectivity index (χ2v) is 4.31. The quantitative estimate of drug-likeness (QED) is 0.773. The molecular weight excluding hydrogens is 206 g/mol. The van der Waals surface area contributed by atoms with E-state index in [2.05, 4.69) is 32.5 Å². The largest absolute Gasteiger partial charge is 0.496 e. The van der Waals surface area contributed by atoms with Crippen LogP contribution in [0, 0.1) is 0 Å². The molecule has 0 fully saturated rings. The van der Waals surface area contributed by atoms with Gasteiger partial charge in [0.1, 0.15) is 5.75 Å². The summed E-state index contributed by atoms with van der Waals surface area (Å²) in [5.41, 5.74) is 8.26. The van der Waals surface area contributed by atoms with E-state index in [0.29, 0.717) is 11.7 Å². The third-order valence-corrected chi connectivity index (χ3v) is 2.89. The van der Waals surface area contributed by atoms with Crippen LogP contribution >= 0.6 is 12.6 Å². The molecule has 1 rings (SSSR count). The number of hydrogen-bond donors (Lipinski definition) is 2. The third kappa shape index (κ3) is 2.89. The molecule has 0 saturated heterocycles. The van der Waals surface area contributed by atoms with E-state index in [4.69, 9.17) is 10.5 Å². The predicted octanol–water partition coefficient (Wildman–Crippen LogP) is 2.75. The second-order valence-electron chi connectivity index (χ2n) is 3.95. The first-order valence-electron chi connectivity index (χ1n) is 5.14. The summed E-state index contributed by atoms with van der Waals surface area (Å²) in [7, 11) is 1.69. The van der Waals surface area contributed by atoms with Crippen LogP contribution in [0.3, 0.4) is 0 Å². The molecular formula is C12H19NOS. The van der Waals surface area contributed by atoms with Gasteiger partial charge in [-0.3, -0.25) is 0 Å². The zero-order chi connectivity index (χ0) is 11.4. The van der Waals surface area contributed by atoms with Crippen LogP contribution < -0.4 is 10.5 Å². The number of benzene rings is 1. The number of hydrogen-bond acceptors (Lipinski definition) is 3. The van der Waals surface area contributed by atoms with E-state index < -0.39 is 0 Å². The standard InChI is InChI=1S/C12H19NOS/c1-8(2)10-6-9(11(13)7-15)4-5-12(10)14-3/h4-6,8,11,15H,7,13H2,1-3H3. The highest BCUT2D eigenvalue weighted by molar-refractivity contribution is 7.80. The van der Waals surface area contributed by atoms with E-state index in [1.807, 2.05) is 12.1 Å². The fraction of sp³-hybridized carbons (Fsp3) is 0.500. The molecule has 1 unspecified atom stereocenters. The minimum absolute atomic E-state index is 0.00302. The van der Waals surface area contributed by atoms with Gasteiger partial charge in [-0.25, -0.2) is 0 Å². The molecule has 0 aliphatic rings. The van der Waals surface area contributed by atoms with E-state index in [-0.39, 0.29) is 6.04 Å². The molecule has 0 bridgehead atoms. The van der Waals surface area contributed by atoms with Crippen molar-refractivity contribution < 1.29 is 4.74 Å². The maximum absolute atomic E-state index is 5.94. The summed E-state index contributed by atoms with van der Waals surface area (Å²) in [4.78, 5) is 0. The van der Waals surface area contributed by atoms with Crippen LogP contribution in [0.2, 0.25) is 0 Å². The zero-order valence-corrected chi connectivity index (χ0v) is 10.4. The van der Waals surface area contributed by atoms with Gasteiger partial charge in [0.05, 0.1) is 7.11 Å². The minimum Gasteiger partial charge on any atom is -0.496 e. The van der Waals surface area contributed by atoms with Crippen molar-refractivity contribution in [2.45, 2.75) is 25.8 Å². The second kappa shape index (κ2) is 5.42. The van der Waals surface area contributed by atoms with Crippen molar-refractivity contribution in [1.82, 2.24) is 0 Å². The Hall–Kier alpha value is -0.670. The lowest BCUT2D eigenvalue weighted by atomic mass is 9.97. The van der Waals surface area contributed by atoms with Gasteiger partial charge in [-0.2, -0.15) is 12.6 Å². The highest BCUT2D eigenvalue weighted by atomic mass is 32.1. The van der Waals surface area contributed by atoms with Crippen molar-refractivity contribution in [3.63, 3.8) is 0 Å². The van der Waals surface area contributed by atoms with Crippen molar-refractivity contribution in [3.05, 3.63) is 29.3 Å². The predicted molar refractivity (Wildman–Crippen MR) is 67.9 cm³/mol. The topological polar surface area (TPSA) is 35.2 Å². The highest BCUT2D eigenvalue weighted by Crippen LogP contribution is 2.29. The molecule has 2 N–H and O–H groups in total. The molecule has 0 aromatic heterocycles. The summed E-state index contributed by atoms with van der Waals surface area (Å²) in [6.45, 7) is 4.29. The number of ether oxygens (including phenoxy) is 1. The van der Waals surface area contributed by atoms with Crippen LogP contribution in [0.25, 0.3) is 0 Å². The first-order chi connectivity index (χ1) is 7.10. The molecule has 0 saturated carbocycles. The monoisotopic (exact) mass is 225 g/mol. The van der Waals surface area contributed by atoms with E-state index in [9.17, 15) is 0 Å². The molecule has 15 heavy (non-hydrogen) atoms. The lowest BCUT2D eigenvalue weighted by Gasteiger charge is -2.16. The maximum atomic E-state index is 5.94. The number of methoxy groups -OCH3 is 1. The highest BCUT2D eigenvalue weighted by Gasteiger charge is 2.11. The van der Waals surface area contributed by atoms with Gasteiger partial charge in [-0.05, 0) is 23.1 Å². The van der Waals surface area contributed by atoms with Gasteiger partial charge in [0.15, 0.2) is 0 Å². The molecule has 1 aromatic carbocycles. The molecule has 0 amide bonds. The molecule has 0 radical (unpaired) electrons. The minimum atomic E-state index is -0.00302. The van der Waals surface area contributed by atoms with Crippen LogP contribution in [0.1, 0.15) is 36.9 Å². The smallest absolute Gasteiger partial charge is 0.122 e. The summed E-state index contributed by atoms with van der Waals surface area (Å²) in [6.07, 6.45) is 0. The summed E-state index contributed by atoms with van der Waals surface area (Å²) < 4.78 is 5.32. The van der Waals surface area contributed by atoms with Crippen LogP contribution in [0.5, 0.6) is 5.75 Å². The molecule has 1 aromatic rings. The molecule has 0 aliphatic heterocycles. The van der Waals surface area contributed by atoms with E-state index >= 15 is 0 Å². The number of nitrogens with two attached hydrogens (primary N) is 1. The van der Waals surface area contributed by atoms with Crippen LogP contribution in [-0.2, 0) is 0 Å². The summed E-state index contributed by atoms with van der Waals surface area (Å²) >= 11 is 4.21. The van der Waals surface area contributed by atoms with E-state index in [1.165, 1.54) is 5.56 Å². The Bertz CT molecular complexity index is 325. The lowest BCUT2D eigenvalue weighted by molar-refractivity contribution is 0.407. The molecule has 3 heteroatoms. The summed E-state index contributed by atoms with van der Waals surface area (Å²) in [5, 5.41) is 0. The maximum Gasteiger partial charge on any atom is 0.122 e.